The van der Waals surface area contributed by atoms with Crippen LogP contribution in [-0.4, -0.2) is 34.6 Å². The number of rotatable bonds is 5. The predicted octanol–water partition coefficient (Wildman–Crippen LogP) is 3.82. The van der Waals surface area contributed by atoms with Gasteiger partial charge in [-0.3, -0.25) is 14.6 Å². The number of anilines is 1. The summed E-state index contributed by atoms with van der Waals surface area (Å²) in [6.07, 6.45) is 0. The Hall–Kier alpha value is -2.95. The summed E-state index contributed by atoms with van der Waals surface area (Å²) in [7, 11) is 0. The Morgan fingerprint density at radius 3 is 2.48 bits per heavy atom. The standard InChI is InChI=1S/C22H25N3O2/c1-15(2)17-11-8-12-18(13-17)23-19(26)14-25-21(27)20(24-22(25,3)4)16-9-6-5-7-10-16/h5-13,15H,14H2,1-4H3,(H,23,26). The van der Waals surface area contributed by atoms with Crippen molar-refractivity contribution in [1.82, 2.24) is 4.90 Å². The van der Waals surface area contributed by atoms with E-state index in [2.05, 4.69) is 24.2 Å². The largest absolute Gasteiger partial charge is 0.325 e. The molecule has 27 heavy (non-hydrogen) atoms. The van der Waals surface area contributed by atoms with E-state index in [1.807, 2.05) is 68.4 Å². The number of carbonyl (C=O) groups is 2. The van der Waals surface area contributed by atoms with E-state index in [-0.39, 0.29) is 18.4 Å². The van der Waals surface area contributed by atoms with Crippen LogP contribution in [0.25, 0.3) is 0 Å². The lowest BCUT2D eigenvalue weighted by atomic mass is 10.0. The van der Waals surface area contributed by atoms with Crippen molar-refractivity contribution in [1.29, 1.82) is 0 Å². The molecule has 5 heteroatoms. The van der Waals surface area contributed by atoms with Crippen LogP contribution in [0.4, 0.5) is 5.69 Å². The number of amides is 2. The van der Waals surface area contributed by atoms with Gasteiger partial charge < -0.3 is 10.2 Å². The monoisotopic (exact) mass is 363 g/mol. The Balaban J connectivity index is 1.73. The lowest BCUT2D eigenvalue weighted by Gasteiger charge is -2.28. The van der Waals surface area contributed by atoms with Gasteiger partial charge in [0.2, 0.25) is 5.91 Å². The number of hydrogen-bond donors (Lipinski definition) is 1. The van der Waals surface area contributed by atoms with Gasteiger partial charge in [-0.2, -0.15) is 0 Å². The Bertz CT molecular complexity index is 885. The first-order valence-corrected chi connectivity index (χ1v) is 9.15. The molecule has 0 fully saturated rings. The third kappa shape index (κ3) is 4.08. The number of aliphatic imine (C=N–C) groups is 1. The third-order valence-electron chi connectivity index (χ3n) is 4.68. The van der Waals surface area contributed by atoms with Gasteiger partial charge >= 0.3 is 0 Å². The van der Waals surface area contributed by atoms with Crippen molar-refractivity contribution in [2.75, 3.05) is 11.9 Å². The van der Waals surface area contributed by atoms with E-state index >= 15 is 0 Å². The molecular weight excluding hydrogens is 338 g/mol. The Kier molecular flexibility index (Phi) is 5.13. The van der Waals surface area contributed by atoms with Crippen molar-refractivity contribution in [2.45, 2.75) is 39.3 Å². The van der Waals surface area contributed by atoms with Crippen molar-refractivity contribution >= 4 is 23.2 Å². The number of benzene rings is 2. The Morgan fingerprint density at radius 1 is 1.11 bits per heavy atom. The normalized spacial score (nSPS) is 15.8. The maximum Gasteiger partial charge on any atom is 0.275 e. The highest BCUT2D eigenvalue weighted by molar-refractivity contribution is 6.47. The molecule has 2 aromatic rings. The lowest BCUT2D eigenvalue weighted by molar-refractivity contribution is -0.131. The summed E-state index contributed by atoms with van der Waals surface area (Å²) in [5.41, 5.74) is 2.29. The van der Waals surface area contributed by atoms with Crippen molar-refractivity contribution < 1.29 is 9.59 Å². The van der Waals surface area contributed by atoms with Crippen LogP contribution in [0.1, 0.15) is 44.7 Å². The van der Waals surface area contributed by atoms with Crippen LogP contribution >= 0.6 is 0 Å². The van der Waals surface area contributed by atoms with Gasteiger partial charge in [0.05, 0.1) is 0 Å². The summed E-state index contributed by atoms with van der Waals surface area (Å²) in [6.45, 7) is 7.85. The van der Waals surface area contributed by atoms with Crippen molar-refractivity contribution in [3.63, 3.8) is 0 Å². The molecule has 0 aliphatic carbocycles. The van der Waals surface area contributed by atoms with E-state index in [1.54, 1.807) is 0 Å². The minimum atomic E-state index is -0.765. The van der Waals surface area contributed by atoms with Gasteiger partial charge in [-0.25, -0.2) is 0 Å². The van der Waals surface area contributed by atoms with Crippen LogP contribution in [0.3, 0.4) is 0 Å². The number of hydrogen-bond acceptors (Lipinski definition) is 3. The minimum Gasteiger partial charge on any atom is -0.325 e. The predicted molar refractivity (Wildman–Crippen MR) is 108 cm³/mol. The molecule has 140 valence electrons. The summed E-state index contributed by atoms with van der Waals surface area (Å²) in [4.78, 5) is 31.5. The van der Waals surface area contributed by atoms with E-state index in [1.165, 1.54) is 4.90 Å². The fourth-order valence-electron chi connectivity index (χ4n) is 3.13. The zero-order chi connectivity index (χ0) is 19.6. The zero-order valence-electron chi connectivity index (χ0n) is 16.2. The van der Waals surface area contributed by atoms with Crippen LogP contribution in [0.2, 0.25) is 0 Å². The average Bonchev–Trinajstić information content (AvgIpc) is 2.86. The molecular formula is C22H25N3O2. The highest BCUT2D eigenvalue weighted by Gasteiger charge is 2.41. The Morgan fingerprint density at radius 2 is 1.81 bits per heavy atom. The van der Waals surface area contributed by atoms with Gasteiger partial charge in [0.1, 0.15) is 17.9 Å². The van der Waals surface area contributed by atoms with Crippen LogP contribution in [0, 0.1) is 0 Å². The van der Waals surface area contributed by atoms with E-state index in [0.717, 1.165) is 16.8 Å². The van der Waals surface area contributed by atoms with Crippen LogP contribution < -0.4 is 5.32 Å². The van der Waals surface area contributed by atoms with Gasteiger partial charge in [0, 0.05) is 11.3 Å². The summed E-state index contributed by atoms with van der Waals surface area (Å²) in [6, 6.07) is 17.1. The summed E-state index contributed by atoms with van der Waals surface area (Å²) < 4.78 is 0. The van der Waals surface area contributed by atoms with Gasteiger partial charge in [0.15, 0.2) is 0 Å². The second kappa shape index (κ2) is 7.35. The van der Waals surface area contributed by atoms with Crippen LogP contribution in [-0.2, 0) is 9.59 Å². The van der Waals surface area contributed by atoms with Gasteiger partial charge in [-0.15, -0.1) is 0 Å². The number of nitrogens with one attached hydrogen (secondary N) is 1. The highest BCUT2D eigenvalue weighted by Crippen LogP contribution is 2.26. The van der Waals surface area contributed by atoms with E-state index in [4.69, 9.17) is 0 Å². The van der Waals surface area contributed by atoms with E-state index < -0.39 is 5.66 Å². The molecule has 2 aromatic carbocycles. The second-order valence-corrected chi connectivity index (χ2v) is 7.54. The molecule has 0 aromatic heterocycles. The number of carbonyl (C=O) groups excluding carboxylic acids is 2. The van der Waals surface area contributed by atoms with Crippen molar-refractivity contribution in [3.05, 3.63) is 65.7 Å². The minimum absolute atomic E-state index is 0.0441. The molecule has 0 saturated heterocycles. The summed E-state index contributed by atoms with van der Waals surface area (Å²) in [5.74, 6) is -0.0816. The van der Waals surface area contributed by atoms with E-state index in [9.17, 15) is 9.59 Å². The molecule has 3 rings (SSSR count). The number of nitrogens with zero attached hydrogens (tertiary/aromatic N) is 2. The first kappa shape index (κ1) is 18.8. The molecule has 0 radical (unpaired) electrons. The SMILES string of the molecule is CC(C)c1cccc(NC(=O)CN2C(=O)C(c3ccccc3)=NC2(C)C)c1. The topological polar surface area (TPSA) is 61.8 Å². The molecule has 0 saturated carbocycles. The molecule has 0 unspecified atom stereocenters. The first-order valence-electron chi connectivity index (χ1n) is 9.15. The second-order valence-electron chi connectivity index (χ2n) is 7.54. The molecule has 1 aliphatic rings. The van der Waals surface area contributed by atoms with Crippen molar-refractivity contribution in [2.24, 2.45) is 4.99 Å². The average molecular weight is 363 g/mol. The molecule has 2 amide bonds. The first-order chi connectivity index (χ1) is 12.8. The summed E-state index contributed by atoms with van der Waals surface area (Å²) >= 11 is 0. The molecule has 0 atom stereocenters. The third-order valence-corrected chi connectivity index (χ3v) is 4.68. The van der Waals surface area contributed by atoms with Gasteiger partial charge in [-0.1, -0.05) is 56.3 Å². The molecule has 0 bridgehead atoms. The molecule has 1 heterocycles. The maximum atomic E-state index is 12.9. The van der Waals surface area contributed by atoms with Crippen molar-refractivity contribution in [3.8, 4) is 0 Å². The maximum absolute atomic E-state index is 12.9. The van der Waals surface area contributed by atoms with E-state index in [0.29, 0.717) is 11.6 Å². The molecule has 1 N–H and O–H groups in total. The molecule has 1 aliphatic heterocycles. The van der Waals surface area contributed by atoms with Gasteiger partial charge in [0.25, 0.3) is 5.91 Å². The summed E-state index contributed by atoms with van der Waals surface area (Å²) in [5, 5.41) is 2.89. The quantitative estimate of drug-likeness (QED) is 0.878. The molecule has 0 spiro atoms. The molecule has 5 nitrogen and oxygen atoms in total. The smallest absolute Gasteiger partial charge is 0.275 e. The fraction of sp³-hybridized carbons (Fsp3) is 0.318. The Labute approximate surface area is 160 Å². The fourth-order valence-corrected chi connectivity index (χ4v) is 3.13. The van der Waals surface area contributed by atoms with Gasteiger partial charge in [-0.05, 0) is 37.5 Å². The highest BCUT2D eigenvalue weighted by atomic mass is 16.2. The zero-order valence-corrected chi connectivity index (χ0v) is 16.2. The lowest BCUT2D eigenvalue weighted by Crippen LogP contribution is -2.46. The van der Waals surface area contributed by atoms with Crippen LogP contribution in [0.5, 0.6) is 0 Å². The van der Waals surface area contributed by atoms with Crippen LogP contribution in [0.15, 0.2) is 59.6 Å².